The van der Waals surface area contributed by atoms with E-state index in [1.807, 2.05) is 61.3 Å². The van der Waals surface area contributed by atoms with Crippen LogP contribution in [0.4, 0.5) is 5.69 Å². The highest BCUT2D eigenvalue weighted by Gasteiger charge is 2.16. The van der Waals surface area contributed by atoms with Crippen LogP contribution in [0.2, 0.25) is 0 Å². The Bertz CT molecular complexity index is 922. The van der Waals surface area contributed by atoms with E-state index in [9.17, 15) is 4.79 Å². The number of amides is 1. The monoisotopic (exact) mass is 379 g/mol. The van der Waals surface area contributed by atoms with Gasteiger partial charge < -0.3 is 10.1 Å². The van der Waals surface area contributed by atoms with Gasteiger partial charge in [0.05, 0.1) is 25.0 Å². The number of ether oxygens (including phenoxy) is 1. The molecule has 1 amide bonds. The Labute approximate surface area is 165 Å². The van der Waals surface area contributed by atoms with Crippen molar-refractivity contribution in [3.8, 4) is 11.4 Å². The summed E-state index contributed by atoms with van der Waals surface area (Å²) in [5.74, 6) is 0.566. The first-order valence-corrected chi connectivity index (χ1v) is 9.07. The number of rotatable bonds is 7. The zero-order valence-corrected chi connectivity index (χ0v) is 16.6. The van der Waals surface area contributed by atoms with Gasteiger partial charge in [0.15, 0.2) is 0 Å². The normalized spacial score (nSPS) is 12.0. The van der Waals surface area contributed by atoms with Crippen molar-refractivity contribution >= 4 is 11.6 Å². The molecule has 0 spiro atoms. The fraction of sp³-hybridized carbons (Fsp3) is 0.286. The van der Waals surface area contributed by atoms with Gasteiger partial charge in [-0.1, -0.05) is 18.2 Å². The molecule has 0 fully saturated rings. The van der Waals surface area contributed by atoms with Crippen LogP contribution in [0.5, 0.6) is 5.75 Å². The summed E-state index contributed by atoms with van der Waals surface area (Å²) in [4.78, 5) is 18.5. The first-order chi connectivity index (χ1) is 13.5. The molecule has 3 rings (SSSR count). The quantitative estimate of drug-likeness (QED) is 0.682. The summed E-state index contributed by atoms with van der Waals surface area (Å²) in [6.07, 6.45) is 3.17. The van der Waals surface area contributed by atoms with E-state index >= 15 is 0 Å². The summed E-state index contributed by atoms with van der Waals surface area (Å²) in [6.45, 7) is 4.32. The second-order valence-electron chi connectivity index (χ2n) is 6.77. The molecule has 146 valence electrons. The van der Waals surface area contributed by atoms with Crippen LogP contribution in [0.1, 0.15) is 24.1 Å². The van der Waals surface area contributed by atoms with E-state index in [4.69, 9.17) is 4.74 Å². The zero-order chi connectivity index (χ0) is 20.1. The Balaban J connectivity index is 1.63. The lowest BCUT2D eigenvalue weighted by atomic mass is 10.1. The number of carbonyl (C=O) groups excluding carboxylic acids is 1. The Hall–Kier alpha value is -3.19. The van der Waals surface area contributed by atoms with E-state index in [1.54, 1.807) is 18.1 Å². The van der Waals surface area contributed by atoms with Gasteiger partial charge in [0.25, 0.3) is 0 Å². The molecule has 2 aromatic carbocycles. The van der Waals surface area contributed by atoms with Gasteiger partial charge in [0.1, 0.15) is 18.4 Å². The molecule has 1 atom stereocenters. The van der Waals surface area contributed by atoms with Gasteiger partial charge in [0, 0.05) is 6.04 Å². The van der Waals surface area contributed by atoms with Crippen molar-refractivity contribution in [2.24, 2.45) is 0 Å². The fourth-order valence-electron chi connectivity index (χ4n) is 2.97. The first kappa shape index (κ1) is 19.6. The summed E-state index contributed by atoms with van der Waals surface area (Å²) in [7, 11) is 3.53. The molecule has 28 heavy (non-hydrogen) atoms. The number of methoxy groups -OCH3 is 1. The van der Waals surface area contributed by atoms with Crippen LogP contribution in [0, 0.1) is 6.92 Å². The molecule has 3 aromatic rings. The zero-order valence-electron chi connectivity index (χ0n) is 16.6. The maximum Gasteiger partial charge on any atom is 0.238 e. The summed E-state index contributed by atoms with van der Waals surface area (Å²) in [5, 5.41) is 7.07. The third kappa shape index (κ3) is 4.55. The van der Waals surface area contributed by atoms with Crippen LogP contribution in [0.25, 0.3) is 5.69 Å². The second kappa shape index (κ2) is 8.67. The van der Waals surface area contributed by atoms with E-state index in [0.29, 0.717) is 11.4 Å². The summed E-state index contributed by atoms with van der Waals surface area (Å²) < 4.78 is 7.03. The molecule has 7 heteroatoms. The standard InChI is InChI=1S/C21H25N5O2/c1-15-5-10-20(28-4)19(11-15)24-21(27)12-25(3)16(2)17-6-8-18(9-7-17)26-14-22-13-23-26/h5-11,13-14,16H,12H2,1-4H3,(H,24,27). The van der Waals surface area contributed by atoms with Crippen LogP contribution < -0.4 is 10.1 Å². The number of hydrogen-bond acceptors (Lipinski definition) is 5. The predicted molar refractivity (Wildman–Crippen MR) is 109 cm³/mol. The number of benzene rings is 2. The fourth-order valence-corrected chi connectivity index (χ4v) is 2.97. The van der Waals surface area contributed by atoms with Crippen molar-refractivity contribution < 1.29 is 9.53 Å². The maximum absolute atomic E-state index is 12.5. The number of nitrogens with one attached hydrogen (secondary N) is 1. The van der Waals surface area contributed by atoms with Crippen molar-refractivity contribution in [3.05, 3.63) is 66.2 Å². The molecular formula is C21H25N5O2. The highest BCUT2D eigenvalue weighted by atomic mass is 16.5. The Kier molecular flexibility index (Phi) is 6.06. The van der Waals surface area contributed by atoms with E-state index < -0.39 is 0 Å². The summed E-state index contributed by atoms with van der Waals surface area (Å²) >= 11 is 0. The minimum Gasteiger partial charge on any atom is -0.495 e. The number of nitrogens with zero attached hydrogens (tertiary/aromatic N) is 4. The van der Waals surface area contributed by atoms with E-state index in [2.05, 4.69) is 22.3 Å². The van der Waals surface area contributed by atoms with Crippen LogP contribution >= 0.6 is 0 Å². The number of carbonyl (C=O) groups is 1. The number of hydrogen-bond donors (Lipinski definition) is 1. The second-order valence-corrected chi connectivity index (χ2v) is 6.77. The minimum atomic E-state index is -0.0857. The lowest BCUT2D eigenvalue weighted by Crippen LogP contribution is -2.32. The molecule has 0 saturated carbocycles. The van der Waals surface area contributed by atoms with E-state index in [1.165, 1.54) is 6.33 Å². The Morgan fingerprint density at radius 1 is 1.25 bits per heavy atom. The van der Waals surface area contributed by atoms with Crippen molar-refractivity contribution in [1.82, 2.24) is 19.7 Å². The smallest absolute Gasteiger partial charge is 0.238 e. The molecule has 1 unspecified atom stereocenters. The third-order valence-corrected chi connectivity index (χ3v) is 4.74. The molecule has 0 radical (unpaired) electrons. The average molecular weight is 379 g/mol. The van der Waals surface area contributed by atoms with Gasteiger partial charge >= 0.3 is 0 Å². The molecule has 0 saturated heterocycles. The van der Waals surface area contributed by atoms with Crippen LogP contribution in [0.15, 0.2) is 55.1 Å². The predicted octanol–water partition coefficient (Wildman–Crippen LogP) is 3.22. The van der Waals surface area contributed by atoms with Gasteiger partial charge in [-0.05, 0) is 56.3 Å². The SMILES string of the molecule is COc1ccc(C)cc1NC(=O)CN(C)C(C)c1ccc(-n2cncn2)cc1. The van der Waals surface area contributed by atoms with Crippen molar-refractivity contribution in [2.75, 3.05) is 26.0 Å². The van der Waals surface area contributed by atoms with Gasteiger partial charge in [-0.25, -0.2) is 9.67 Å². The molecule has 0 bridgehead atoms. The van der Waals surface area contributed by atoms with E-state index in [0.717, 1.165) is 16.8 Å². The highest BCUT2D eigenvalue weighted by Crippen LogP contribution is 2.25. The summed E-state index contributed by atoms with van der Waals surface area (Å²) in [6, 6.07) is 13.9. The number of aromatic nitrogens is 3. The molecule has 1 heterocycles. The van der Waals surface area contributed by atoms with Gasteiger partial charge in [-0.3, -0.25) is 9.69 Å². The van der Waals surface area contributed by atoms with Crippen LogP contribution in [0.3, 0.4) is 0 Å². The van der Waals surface area contributed by atoms with Crippen molar-refractivity contribution in [2.45, 2.75) is 19.9 Å². The Morgan fingerprint density at radius 3 is 2.64 bits per heavy atom. The molecule has 7 nitrogen and oxygen atoms in total. The number of likely N-dealkylation sites (N-methyl/N-ethyl adjacent to an activating group) is 1. The molecule has 0 aliphatic carbocycles. The Morgan fingerprint density at radius 2 is 2.00 bits per heavy atom. The lowest BCUT2D eigenvalue weighted by Gasteiger charge is -2.25. The largest absolute Gasteiger partial charge is 0.495 e. The first-order valence-electron chi connectivity index (χ1n) is 9.07. The van der Waals surface area contributed by atoms with Crippen LogP contribution in [-0.4, -0.2) is 46.3 Å². The molecule has 1 N–H and O–H groups in total. The minimum absolute atomic E-state index is 0.0787. The highest BCUT2D eigenvalue weighted by molar-refractivity contribution is 5.93. The van der Waals surface area contributed by atoms with Gasteiger partial charge in [-0.15, -0.1) is 0 Å². The number of aryl methyl sites for hydroxylation is 1. The van der Waals surface area contributed by atoms with Crippen LogP contribution in [-0.2, 0) is 4.79 Å². The number of anilines is 1. The average Bonchev–Trinajstić information content (AvgIpc) is 3.22. The third-order valence-electron chi connectivity index (χ3n) is 4.74. The van der Waals surface area contributed by atoms with Gasteiger partial charge in [0.2, 0.25) is 5.91 Å². The lowest BCUT2D eigenvalue weighted by molar-refractivity contribution is -0.117. The molecule has 0 aliphatic rings. The topological polar surface area (TPSA) is 72.3 Å². The molecular weight excluding hydrogens is 354 g/mol. The van der Waals surface area contributed by atoms with Gasteiger partial charge in [-0.2, -0.15) is 5.10 Å². The van der Waals surface area contributed by atoms with Crippen molar-refractivity contribution in [3.63, 3.8) is 0 Å². The molecule has 0 aliphatic heterocycles. The van der Waals surface area contributed by atoms with Crippen molar-refractivity contribution in [1.29, 1.82) is 0 Å². The van der Waals surface area contributed by atoms with E-state index in [-0.39, 0.29) is 18.5 Å². The summed E-state index contributed by atoms with van der Waals surface area (Å²) in [5.41, 5.74) is 3.81. The maximum atomic E-state index is 12.5. The molecule has 1 aromatic heterocycles.